The van der Waals surface area contributed by atoms with E-state index >= 15 is 0 Å². The molecule has 0 aliphatic rings. The average Bonchev–Trinajstić information content (AvgIpc) is 3.24. The van der Waals surface area contributed by atoms with Gasteiger partial charge in [-0.1, -0.05) is 19.1 Å². The van der Waals surface area contributed by atoms with Gasteiger partial charge < -0.3 is 20.4 Å². The highest BCUT2D eigenvalue weighted by Crippen LogP contribution is 2.42. The number of aromatic amines is 1. The molecule has 0 unspecified atom stereocenters. The van der Waals surface area contributed by atoms with Crippen molar-refractivity contribution in [3.05, 3.63) is 57.7 Å². The zero-order chi connectivity index (χ0) is 20.5. The molecule has 0 aliphatic heterocycles. The number of aromatic nitrogens is 1. The van der Waals surface area contributed by atoms with Crippen LogP contribution in [0.15, 0.2) is 46.6 Å². The summed E-state index contributed by atoms with van der Waals surface area (Å²) in [6.45, 7) is 3.50. The molecule has 0 fully saturated rings. The van der Waals surface area contributed by atoms with E-state index in [1.54, 1.807) is 7.11 Å². The second kappa shape index (κ2) is 7.89. The number of rotatable bonds is 6. The standard InChI is InChI=1S/C23H25N3O2S/c1-4-14-13-18(28-3)19(15-5-7-16(8-6-15)26(2)11-10-24)20-17-9-12-29-22(17)23(27)25-21(14)20/h5-9,12-13H,4,10-11,24H2,1-3H3,(H,25,27). The van der Waals surface area contributed by atoms with E-state index in [-0.39, 0.29) is 5.56 Å². The Morgan fingerprint density at radius 1 is 1.21 bits per heavy atom. The van der Waals surface area contributed by atoms with Crippen LogP contribution in [0.2, 0.25) is 0 Å². The summed E-state index contributed by atoms with van der Waals surface area (Å²) in [5.41, 5.74) is 10.8. The maximum absolute atomic E-state index is 12.6. The lowest BCUT2D eigenvalue weighted by Gasteiger charge is -2.20. The molecule has 5 nitrogen and oxygen atoms in total. The molecule has 2 aromatic carbocycles. The number of nitrogens with two attached hydrogens (primary N) is 1. The van der Waals surface area contributed by atoms with Gasteiger partial charge in [0.25, 0.3) is 5.56 Å². The van der Waals surface area contributed by atoms with E-state index in [4.69, 9.17) is 10.5 Å². The molecule has 0 radical (unpaired) electrons. The highest BCUT2D eigenvalue weighted by Gasteiger charge is 2.19. The molecule has 0 amide bonds. The third-order valence-electron chi connectivity index (χ3n) is 5.41. The molecule has 4 aromatic rings. The Labute approximate surface area is 173 Å². The van der Waals surface area contributed by atoms with E-state index in [1.807, 2.05) is 24.6 Å². The van der Waals surface area contributed by atoms with Gasteiger partial charge in [-0.2, -0.15) is 0 Å². The second-order valence-electron chi connectivity index (χ2n) is 7.09. The van der Waals surface area contributed by atoms with Crippen molar-refractivity contribution in [2.75, 3.05) is 32.1 Å². The molecule has 6 heteroatoms. The number of hydrogen-bond acceptors (Lipinski definition) is 5. The van der Waals surface area contributed by atoms with Crippen molar-refractivity contribution in [1.29, 1.82) is 0 Å². The number of likely N-dealkylation sites (N-methyl/N-ethyl adjacent to an activating group) is 1. The first-order chi connectivity index (χ1) is 14.1. The number of hydrogen-bond donors (Lipinski definition) is 2. The molecule has 0 saturated heterocycles. The number of thiophene rings is 1. The molecule has 150 valence electrons. The van der Waals surface area contributed by atoms with Crippen LogP contribution >= 0.6 is 11.3 Å². The summed E-state index contributed by atoms with van der Waals surface area (Å²) in [6, 6.07) is 12.5. The molecular weight excluding hydrogens is 382 g/mol. The van der Waals surface area contributed by atoms with Crippen LogP contribution < -0.4 is 20.9 Å². The van der Waals surface area contributed by atoms with Crippen molar-refractivity contribution in [2.45, 2.75) is 13.3 Å². The number of nitrogens with one attached hydrogen (secondary N) is 1. The number of pyridine rings is 1. The molecule has 2 heterocycles. The van der Waals surface area contributed by atoms with Crippen LogP contribution in [-0.2, 0) is 6.42 Å². The highest BCUT2D eigenvalue weighted by atomic mass is 32.1. The number of anilines is 1. The lowest BCUT2D eigenvalue weighted by atomic mass is 9.94. The van der Waals surface area contributed by atoms with Crippen LogP contribution in [0.5, 0.6) is 5.75 Å². The Morgan fingerprint density at radius 2 is 1.97 bits per heavy atom. The maximum Gasteiger partial charge on any atom is 0.266 e. The van der Waals surface area contributed by atoms with Crippen LogP contribution in [0.3, 0.4) is 0 Å². The quantitative estimate of drug-likeness (QED) is 0.498. The molecular formula is C23H25N3O2S. The fraction of sp³-hybridized carbons (Fsp3) is 0.261. The Bertz CT molecular complexity index is 1230. The first-order valence-electron chi connectivity index (χ1n) is 9.73. The minimum atomic E-state index is -0.0351. The smallest absolute Gasteiger partial charge is 0.266 e. The summed E-state index contributed by atoms with van der Waals surface area (Å²) in [4.78, 5) is 17.9. The highest BCUT2D eigenvalue weighted by molar-refractivity contribution is 7.17. The topological polar surface area (TPSA) is 71.3 Å². The number of H-pyrrole nitrogens is 1. The van der Waals surface area contributed by atoms with Gasteiger partial charge in [0.2, 0.25) is 0 Å². The van der Waals surface area contributed by atoms with Gasteiger partial charge >= 0.3 is 0 Å². The fourth-order valence-electron chi connectivity index (χ4n) is 3.91. The van der Waals surface area contributed by atoms with E-state index in [2.05, 4.69) is 41.1 Å². The van der Waals surface area contributed by atoms with Crippen LogP contribution in [-0.4, -0.2) is 32.2 Å². The average molecular weight is 408 g/mol. The van der Waals surface area contributed by atoms with Crippen molar-refractivity contribution in [3.8, 4) is 16.9 Å². The Morgan fingerprint density at radius 3 is 2.62 bits per heavy atom. The molecule has 3 N–H and O–H groups in total. The fourth-order valence-corrected chi connectivity index (χ4v) is 4.70. The van der Waals surface area contributed by atoms with Crippen LogP contribution in [0.4, 0.5) is 5.69 Å². The van der Waals surface area contributed by atoms with Crippen molar-refractivity contribution in [1.82, 2.24) is 4.98 Å². The van der Waals surface area contributed by atoms with Gasteiger partial charge in [0.05, 0.1) is 12.6 Å². The number of benzene rings is 2. The van der Waals surface area contributed by atoms with Crippen LogP contribution in [0.1, 0.15) is 12.5 Å². The number of fused-ring (bicyclic) bond motifs is 3. The Kier molecular flexibility index (Phi) is 5.30. The maximum atomic E-state index is 12.6. The normalized spacial score (nSPS) is 11.3. The number of aryl methyl sites for hydroxylation is 1. The number of methoxy groups -OCH3 is 1. The van der Waals surface area contributed by atoms with Gasteiger partial charge in [-0.25, -0.2) is 0 Å². The lowest BCUT2D eigenvalue weighted by molar-refractivity contribution is 0.416. The predicted molar refractivity (Wildman–Crippen MR) is 124 cm³/mol. The van der Waals surface area contributed by atoms with Crippen molar-refractivity contribution >= 4 is 38.0 Å². The van der Waals surface area contributed by atoms with Gasteiger partial charge in [-0.3, -0.25) is 4.79 Å². The molecule has 0 saturated carbocycles. The van der Waals surface area contributed by atoms with Gasteiger partial charge in [0, 0.05) is 42.2 Å². The summed E-state index contributed by atoms with van der Waals surface area (Å²) < 4.78 is 6.55. The van der Waals surface area contributed by atoms with E-state index in [0.29, 0.717) is 6.54 Å². The monoisotopic (exact) mass is 407 g/mol. The van der Waals surface area contributed by atoms with Crippen molar-refractivity contribution < 1.29 is 4.74 Å². The summed E-state index contributed by atoms with van der Waals surface area (Å²) in [5.74, 6) is 0.817. The molecule has 4 rings (SSSR count). The summed E-state index contributed by atoms with van der Waals surface area (Å²) in [5, 5.41) is 3.99. The minimum absolute atomic E-state index is 0.0351. The number of nitrogens with zero attached hydrogens (tertiary/aromatic N) is 1. The predicted octanol–water partition coefficient (Wildman–Crippen LogP) is 4.38. The molecule has 0 bridgehead atoms. The molecule has 2 aromatic heterocycles. The Balaban J connectivity index is 2.03. The zero-order valence-electron chi connectivity index (χ0n) is 16.9. The molecule has 29 heavy (non-hydrogen) atoms. The molecule has 0 atom stereocenters. The third kappa shape index (κ3) is 3.28. The molecule has 0 aliphatic carbocycles. The summed E-state index contributed by atoms with van der Waals surface area (Å²) in [6.07, 6.45) is 0.807. The zero-order valence-corrected chi connectivity index (χ0v) is 17.7. The molecule has 0 spiro atoms. The first kappa shape index (κ1) is 19.5. The van der Waals surface area contributed by atoms with E-state index in [0.717, 1.165) is 62.1 Å². The minimum Gasteiger partial charge on any atom is -0.496 e. The third-order valence-corrected chi connectivity index (χ3v) is 6.33. The summed E-state index contributed by atoms with van der Waals surface area (Å²) >= 11 is 1.47. The SMILES string of the molecule is CCc1cc(OC)c(-c2ccc(N(C)CCN)cc2)c2c1[nH]c(=O)c1sccc12. The van der Waals surface area contributed by atoms with E-state index in [1.165, 1.54) is 11.3 Å². The Hall–Kier alpha value is -2.83. The van der Waals surface area contributed by atoms with Crippen molar-refractivity contribution in [3.63, 3.8) is 0 Å². The van der Waals surface area contributed by atoms with Gasteiger partial charge in [-0.15, -0.1) is 11.3 Å². The van der Waals surface area contributed by atoms with Crippen LogP contribution in [0.25, 0.3) is 32.1 Å². The first-order valence-corrected chi connectivity index (χ1v) is 10.6. The van der Waals surface area contributed by atoms with E-state index < -0.39 is 0 Å². The van der Waals surface area contributed by atoms with E-state index in [9.17, 15) is 4.79 Å². The largest absolute Gasteiger partial charge is 0.496 e. The van der Waals surface area contributed by atoms with Gasteiger partial charge in [-0.05, 0) is 47.2 Å². The van der Waals surface area contributed by atoms with Gasteiger partial charge in [0.15, 0.2) is 0 Å². The van der Waals surface area contributed by atoms with Gasteiger partial charge in [0.1, 0.15) is 10.4 Å². The van der Waals surface area contributed by atoms with Crippen LogP contribution in [0, 0.1) is 0 Å². The second-order valence-corrected chi connectivity index (χ2v) is 8.01. The van der Waals surface area contributed by atoms with Crippen molar-refractivity contribution in [2.24, 2.45) is 5.73 Å². The lowest BCUT2D eigenvalue weighted by Crippen LogP contribution is -2.24. The summed E-state index contributed by atoms with van der Waals surface area (Å²) in [7, 11) is 3.73. The number of ether oxygens (including phenoxy) is 1.